The van der Waals surface area contributed by atoms with E-state index in [1.807, 2.05) is 18.2 Å². The van der Waals surface area contributed by atoms with Gasteiger partial charge in [-0.25, -0.2) is 18.0 Å². The van der Waals surface area contributed by atoms with Crippen LogP contribution >= 0.6 is 0 Å². The van der Waals surface area contributed by atoms with Crippen LogP contribution in [0.25, 0.3) is 11.0 Å². The van der Waals surface area contributed by atoms with Crippen molar-refractivity contribution in [3.63, 3.8) is 0 Å². The lowest BCUT2D eigenvalue weighted by Gasteiger charge is -2.43. The van der Waals surface area contributed by atoms with Crippen molar-refractivity contribution in [2.24, 2.45) is 0 Å². The predicted octanol–water partition coefficient (Wildman–Crippen LogP) is 0.429. The molecular weight excluding hydrogens is 368 g/mol. The molecule has 3 aromatic rings. The van der Waals surface area contributed by atoms with Crippen LogP contribution < -0.4 is 0 Å². The highest BCUT2D eigenvalue weighted by Gasteiger charge is 2.46. The van der Waals surface area contributed by atoms with E-state index in [4.69, 9.17) is 4.63 Å². The van der Waals surface area contributed by atoms with Crippen LogP contribution in [0.2, 0.25) is 0 Å². The summed E-state index contributed by atoms with van der Waals surface area (Å²) in [6.45, 7) is 2.86. The summed E-state index contributed by atoms with van der Waals surface area (Å²) >= 11 is 0. The van der Waals surface area contributed by atoms with Crippen molar-refractivity contribution in [1.82, 2.24) is 30.1 Å². The van der Waals surface area contributed by atoms with E-state index in [1.165, 1.54) is 0 Å². The SMILES string of the molecule is O=S1(=O)C[C@@H]2[C@H](C1)N(Cc1cccc3nonc13)CCN2Cc1ncc[nH]1. The zero-order valence-corrected chi connectivity index (χ0v) is 15.5. The Labute approximate surface area is 156 Å². The van der Waals surface area contributed by atoms with Crippen molar-refractivity contribution in [2.75, 3.05) is 24.6 Å². The lowest BCUT2D eigenvalue weighted by molar-refractivity contribution is 0.0343. The fourth-order valence-corrected chi connectivity index (χ4v) is 6.32. The number of rotatable bonds is 4. The number of hydrogen-bond donors (Lipinski definition) is 1. The third-order valence-electron chi connectivity index (χ3n) is 5.56. The second-order valence-corrected chi connectivity index (χ2v) is 9.39. The molecule has 2 atom stereocenters. The molecule has 10 heteroatoms. The second kappa shape index (κ2) is 6.39. The molecule has 0 radical (unpaired) electrons. The van der Waals surface area contributed by atoms with Crippen molar-refractivity contribution in [3.05, 3.63) is 42.0 Å². The largest absolute Gasteiger partial charge is 0.348 e. The molecule has 2 aromatic heterocycles. The fourth-order valence-electron chi connectivity index (χ4n) is 4.27. The summed E-state index contributed by atoms with van der Waals surface area (Å²) in [5, 5.41) is 7.91. The number of fused-ring (bicyclic) bond motifs is 2. The quantitative estimate of drug-likeness (QED) is 0.685. The predicted molar refractivity (Wildman–Crippen MR) is 97.4 cm³/mol. The zero-order valence-electron chi connectivity index (χ0n) is 14.7. The lowest BCUT2D eigenvalue weighted by Crippen LogP contribution is -2.58. The maximum atomic E-state index is 12.4. The van der Waals surface area contributed by atoms with Gasteiger partial charge in [-0.15, -0.1) is 0 Å². The Morgan fingerprint density at radius 2 is 1.89 bits per heavy atom. The van der Waals surface area contributed by atoms with Gasteiger partial charge in [-0.1, -0.05) is 12.1 Å². The van der Waals surface area contributed by atoms with Crippen LogP contribution in [-0.2, 0) is 22.9 Å². The van der Waals surface area contributed by atoms with E-state index in [-0.39, 0.29) is 23.6 Å². The number of hydrogen-bond acceptors (Lipinski definition) is 8. The van der Waals surface area contributed by atoms with Crippen molar-refractivity contribution < 1.29 is 13.0 Å². The van der Waals surface area contributed by atoms with E-state index in [0.29, 0.717) is 13.1 Å². The maximum Gasteiger partial charge on any atom is 0.153 e. The van der Waals surface area contributed by atoms with Gasteiger partial charge in [0.1, 0.15) is 16.9 Å². The highest BCUT2D eigenvalue weighted by Crippen LogP contribution is 2.29. The van der Waals surface area contributed by atoms with Crippen LogP contribution in [0.1, 0.15) is 11.4 Å². The topological polar surface area (TPSA) is 108 Å². The maximum absolute atomic E-state index is 12.4. The van der Waals surface area contributed by atoms with Gasteiger partial charge in [-0.2, -0.15) is 0 Å². The summed E-state index contributed by atoms with van der Waals surface area (Å²) in [4.78, 5) is 11.9. The van der Waals surface area contributed by atoms with Gasteiger partial charge in [0.15, 0.2) is 9.84 Å². The van der Waals surface area contributed by atoms with Gasteiger partial charge < -0.3 is 4.98 Å². The fraction of sp³-hybridized carbons (Fsp3) is 0.471. The number of imidazole rings is 1. The minimum absolute atomic E-state index is 0.0245. The van der Waals surface area contributed by atoms with Gasteiger partial charge in [-0.3, -0.25) is 9.80 Å². The molecule has 1 aromatic carbocycles. The van der Waals surface area contributed by atoms with E-state index in [2.05, 4.69) is 30.1 Å². The van der Waals surface area contributed by atoms with E-state index in [0.717, 1.165) is 35.5 Å². The Hall–Kier alpha value is -2.30. The highest BCUT2D eigenvalue weighted by atomic mass is 32.2. The van der Waals surface area contributed by atoms with Gasteiger partial charge in [0.25, 0.3) is 0 Å². The Kier molecular flexibility index (Phi) is 3.99. The van der Waals surface area contributed by atoms with Gasteiger partial charge >= 0.3 is 0 Å². The minimum atomic E-state index is -3.06. The first-order valence-corrected chi connectivity index (χ1v) is 10.8. The monoisotopic (exact) mass is 388 g/mol. The Morgan fingerprint density at radius 1 is 1.11 bits per heavy atom. The first kappa shape index (κ1) is 16.8. The molecule has 9 nitrogen and oxygen atoms in total. The zero-order chi connectivity index (χ0) is 18.4. The number of H-pyrrole nitrogens is 1. The summed E-state index contributed by atoms with van der Waals surface area (Å²) in [6.07, 6.45) is 3.52. The molecule has 0 bridgehead atoms. The molecule has 4 heterocycles. The molecule has 1 N–H and O–H groups in total. The Morgan fingerprint density at radius 3 is 2.63 bits per heavy atom. The molecule has 0 unspecified atom stereocenters. The van der Waals surface area contributed by atoms with E-state index in [1.54, 1.807) is 12.4 Å². The number of nitrogens with one attached hydrogen (secondary N) is 1. The molecule has 2 aliphatic rings. The summed E-state index contributed by atoms with van der Waals surface area (Å²) in [5.41, 5.74) is 2.48. The number of nitrogens with zero attached hydrogens (tertiary/aromatic N) is 5. The van der Waals surface area contributed by atoms with Gasteiger partial charge in [0.05, 0.1) is 18.1 Å². The Balaban J connectivity index is 1.41. The third kappa shape index (κ3) is 3.13. The average molecular weight is 388 g/mol. The first-order valence-electron chi connectivity index (χ1n) is 8.96. The Bertz CT molecular complexity index is 1050. The van der Waals surface area contributed by atoms with Crippen LogP contribution in [0, 0.1) is 0 Å². The average Bonchev–Trinajstić information content (AvgIpc) is 3.36. The lowest BCUT2D eigenvalue weighted by atomic mass is 10.0. The van der Waals surface area contributed by atoms with Crippen molar-refractivity contribution in [1.29, 1.82) is 0 Å². The van der Waals surface area contributed by atoms with Crippen LogP contribution in [-0.4, -0.2) is 75.2 Å². The molecule has 2 saturated heterocycles. The number of aromatic nitrogens is 4. The summed E-state index contributed by atoms with van der Waals surface area (Å²) in [6, 6.07) is 5.73. The van der Waals surface area contributed by atoms with Gasteiger partial charge in [-0.05, 0) is 21.9 Å². The normalized spacial score (nSPS) is 25.8. The number of piperazine rings is 1. The third-order valence-corrected chi connectivity index (χ3v) is 7.26. The van der Waals surface area contributed by atoms with Gasteiger partial charge in [0, 0.05) is 44.1 Å². The van der Waals surface area contributed by atoms with Crippen LogP contribution in [0.4, 0.5) is 0 Å². The van der Waals surface area contributed by atoms with E-state index in [9.17, 15) is 8.42 Å². The highest BCUT2D eigenvalue weighted by molar-refractivity contribution is 7.91. The smallest absolute Gasteiger partial charge is 0.153 e. The summed E-state index contributed by atoms with van der Waals surface area (Å²) in [7, 11) is -3.06. The molecule has 27 heavy (non-hydrogen) atoms. The number of aromatic amines is 1. The first-order chi connectivity index (χ1) is 13.1. The van der Waals surface area contributed by atoms with E-state index >= 15 is 0 Å². The number of sulfone groups is 1. The van der Waals surface area contributed by atoms with Gasteiger partial charge in [0.2, 0.25) is 0 Å². The summed E-state index contributed by atoms with van der Waals surface area (Å²) < 4.78 is 29.7. The van der Waals surface area contributed by atoms with Crippen LogP contribution in [0.15, 0.2) is 35.2 Å². The van der Waals surface area contributed by atoms with Crippen LogP contribution in [0.3, 0.4) is 0 Å². The molecule has 5 rings (SSSR count). The molecular formula is C17H20N6O3S. The van der Waals surface area contributed by atoms with E-state index < -0.39 is 9.84 Å². The molecule has 142 valence electrons. The van der Waals surface area contributed by atoms with Crippen molar-refractivity contribution in [3.8, 4) is 0 Å². The molecule has 0 spiro atoms. The second-order valence-electron chi connectivity index (χ2n) is 7.24. The molecule has 2 aliphatic heterocycles. The van der Waals surface area contributed by atoms with Crippen molar-refractivity contribution in [2.45, 2.75) is 25.2 Å². The molecule has 0 saturated carbocycles. The minimum Gasteiger partial charge on any atom is -0.348 e. The standard InChI is InChI=1S/C17H20N6O3S/c24-27(25)10-14-15(11-27)23(9-16-18-4-5-19-16)7-6-22(14)8-12-2-1-3-13-17(12)21-26-20-13/h1-5,14-15H,6-11H2,(H,18,19)/t14-,15+/m0/s1. The molecule has 2 fully saturated rings. The summed E-state index contributed by atoms with van der Waals surface area (Å²) in [5.74, 6) is 1.26. The number of benzene rings is 1. The molecule has 0 aliphatic carbocycles. The van der Waals surface area contributed by atoms with Crippen molar-refractivity contribution >= 4 is 20.9 Å². The molecule has 0 amide bonds. The van der Waals surface area contributed by atoms with Crippen LogP contribution in [0.5, 0.6) is 0 Å².